The lowest BCUT2D eigenvalue weighted by atomic mass is 9.92. The second-order valence-corrected chi connectivity index (χ2v) is 11.4. The molecule has 0 spiro atoms. The maximum absolute atomic E-state index is 12.7. The first-order valence-corrected chi connectivity index (χ1v) is 14.0. The van der Waals surface area contributed by atoms with Gasteiger partial charge in [-0.15, -0.1) is 36.2 Å². The largest absolute Gasteiger partial charge is 0.354 e. The zero-order valence-electron chi connectivity index (χ0n) is 20.5. The van der Waals surface area contributed by atoms with Gasteiger partial charge in [-0.2, -0.15) is 0 Å². The molecule has 0 unspecified atom stereocenters. The molecule has 6 nitrogen and oxygen atoms in total. The predicted octanol–water partition coefficient (Wildman–Crippen LogP) is 6.78. The van der Waals surface area contributed by atoms with E-state index in [1.165, 1.54) is 38.9 Å². The van der Waals surface area contributed by atoms with Crippen LogP contribution in [0.4, 0.5) is 5.95 Å². The molecule has 1 aromatic carbocycles. The number of carbonyl (C=O) groups excluding carboxylic acids is 1. The molecule has 36 heavy (non-hydrogen) atoms. The number of carbonyl (C=O) groups is 1. The summed E-state index contributed by atoms with van der Waals surface area (Å²) in [5, 5.41) is 7.51. The maximum atomic E-state index is 12.7. The van der Waals surface area contributed by atoms with Gasteiger partial charge < -0.3 is 15.5 Å². The molecule has 3 aromatic rings. The van der Waals surface area contributed by atoms with Crippen LogP contribution >= 0.6 is 52.1 Å². The van der Waals surface area contributed by atoms with E-state index in [9.17, 15) is 4.79 Å². The summed E-state index contributed by atoms with van der Waals surface area (Å²) in [4.78, 5) is 25.6. The molecule has 196 valence electrons. The van der Waals surface area contributed by atoms with E-state index in [0.717, 1.165) is 62.4 Å². The van der Waals surface area contributed by atoms with E-state index in [1.54, 1.807) is 11.3 Å². The Morgan fingerprint density at radius 1 is 1.19 bits per heavy atom. The van der Waals surface area contributed by atoms with E-state index < -0.39 is 0 Å². The highest BCUT2D eigenvalue weighted by Crippen LogP contribution is 2.37. The van der Waals surface area contributed by atoms with Crippen LogP contribution in [-0.4, -0.2) is 53.0 Å². The third kappa shape index (κ3) is 7.10. The van der Waals surface area contributed by atoms with Crippen molar-refractivity contribution in [2.24, 2.45) is 5.92 Å². The lowest BCUT2D eigenvalue weighted by Gasteiger charge is -2.31. The van der Waals surface area contributed by atoms with Crippen molar-refractivity contribution < 1.29 is 4.79 Å². The van der Waals surface area contributed by atoms with Crippen LogP contribution in [0, 0.1) is 5.92 Å². The number of nitrogens with one attached hydrogen (secondary N) is 2. The SMILES string of the molecule is CCN1CCC(CCCNc2ncc(Br)c(-c3cc4c(C(=O)NC5CC5)cccc4s3)n2)CC1.Cl.Cl. The van der Waals surface area contributed by atoms with Gasteiger partial charge in [-0.25, -0.2) is 9.97 Å². The van der Waals surface area contributed by atoms with Gasteiger partial charge in [0.15, 0.2) is 0 Å². The van der Waals surface area contributed by atoms with Crippen molar-refractivity contribution in [3.05, 3.63) is 40.5 Å². The van der Waals surface area contributed by atoms with Crippen LogP contribution in [0.1, 0.15) is 55.8 Å². The summed E-state index contributed by atoms with van der Waals surface area (Å²) < 4.78 is 1.95. The van der Waals surface area contributed by atoms with Gasteiger partial charge in [0.25, 0.3) is 5.91 Å². The Kier molecular flexibility index (Phi) is 10.8. The third-order valence-electron chi connectivity index (χ3n) is 6.92. The molecule has 0 radical (unpaired) electrons. The van der Waals surface area contributed by atoms with E-state index in [2.05, 4.69) is 55.5 Å². The zero-order valence-corrected chi connectivity index (χ0v) is 24.5. The number of likely N-dealkylation sites (tertiary alicyclic amines) is 1. The number of hydrogen-bond acceptors (Lipinski definition) is 6. The lowest BCUT2D eigenvalue weighted by Crippen LogP contribution is -2.33. The number of aromatic nitrogens is 2. The molecular weight excluding hydrogens is 581 g/mol. The summed E-state index contributed by atoms with van der Waals surface area (Å²) in [5.41, 5.74) is 1.60. The van der Waals surface area contributed by atoms with Gasteiger partial charge in [0.2, 0.25) is 5.95 Å². The van der Waals surface area contributed by atoms with Crippen LogP contribution in [0.3, 0.4) is 0 Å². The molecule has 2 aliphatic rings. The second kappa shape index (κ2) is 13.4. The number of thiophene rings is 1. The minimum Gasteiger partial charge on any atom is -0.354 e. The van der Waals surface area contributed by atoms with Crippen LogP contribution in [0.25, 0.3) is 20.7 Å². The fraction of sp³-hybridized carbons (Fsp3) is 0.500. The molecule has 2 aromatic heterocycles. The van der Waals surface area contributed by atoms with E-state index in [0.29, 0.717) is 12.0 Å². The Morgan fingerprint density at radius 3 is 2.69 bits per heavy atom. The van der Waals surface area contributed by atoms with Crippen molar-refractivity contribution in [3.8, 4) is 10.6 Å². The number of amides is 1. The number of rotatable bonds is 9. The molecular formula is C26H34BrCl2N5OS. The molecule has 1 amide bonds. The van der Waals surface area contributed by atoms with Crippen LogP contribution in [0.5, 0.6) is 0 Å². The number of nitrogens with zero attached hydrogens (tertiary/aromatic N) is 3. The first-order chi connectivity index (χ1) is 16.6. The minimum absolute atomic E-state index is 0. The van der Waals surface area contributed by atoms with Gasteiger partial charge in [0.05, 0.1) is 9.35 Å². The number of anilines is 1. The molecule has 1 aliphatic carbocycles. The zero-order chi connectivity index (χ0) is 23.5. The molecule has 2 fully saturated rings. The van der Waals surface area contributed by atoms with Crippen molar-refractivity contribution >= 4 is 74.0 Å². The molecule has 3 heterocycles. The summed E-state index contributed by atoms with van der Waals surface area (Å²) in [5.74, 6) is 1.51. The van der Waals surface area contributed by atoms with Crippen molar-refractivity contribution in [2.75, 3.05) is 31.5 Å². The van der Waals surface area contributed by atoms with Gasteiger partial charge in [-0.05, 0) is 98.2 Å². The molecule has 1 aliphatic heterocycles. The third-order valence-corrected chi connectivity index (χ3v) is 8.61. The second-order valence-electron chi connectivity index (χ2n) is 9.41. The van der Waals surface area contributed by atoms with Crippen molar-refractivity contribution in [1.29, 1.82) is 0 Å². The maximum Gasteiger partial charge on any atom is 0.252 e. The highest BCUT2D eigenvalue weighted by Gasteiger charge is 2.25. The standard InChI is InChI=1S/C26H32BrN5OS.2ClH/c1-2-32-13-10-17(11-14-32)5-4-12-28-26-29-16-21(27)24(31-26)23-15-20-19(6-3-7-22(20)34-23)25(33)30-18-8-9-18;;/h3,6-7,15-18H,2,4-5,8-14H2,1H3,(H,30,33)(H,28,29,31);2*1H. The number of hydrogen-bond donors (Lipinski definition) is 2. The Morgan fingerprint density at radius 2 is 1.97 bits per heavy atom. The summed E-state index contributed by atoms with van der Waals surface area (Å²) in [6.07, 6.45) is 9.01. The lowest BCUT2D eigenvalue weighted by molar-refractivity contribution is 0.0953. The molecule has 1 saturated heterocycles. The van der Waals surface area contributed by atoms with Crippen molar-refractivity contribution in [2.45, 2.75) is 51.5 Å². The smallest absolute Gasteiger partial charge is 0.252 e. The van der Waals surface area contributed by atoms with E-state index >= 15 is 0 Å². The number of piperidine rings is 1. The molecule has 5 rings (SSSR count). The van der Waals surface area contributed by atoms with Gasteiger partial charge in [0.1, 0.15) is 5.69 Å². The minimum atomic E-state index is 0. The molecule has 0 atom stereocenters. The Balaban J connectivity index is 0.00000180. The highest BCUT2D eigenvalue weighted by molar-refractivity contribution is 9.10. The van der Waals surface area contributed by atoms with Gasteiger partial charge >= 0.3 is 0 Å². The van der Waals surface area contributed by atoms with Crippen LogP contribution < -0.4 is 10.6 Å². The fourth-order valence-corrected chi connectivity index (χ4v) is 6.30. The Hall–Kier alpha value is -1.45. The topological polar surface area (TPSA) is 70.2 Å². The number of fused-ring (bicyclic) bond motifs is 1. The number of benzene rings is 1. The Labute approximate surface area is 238 Å². The summed E-state index contributed by atoms with van der Waals surface area (Å²) in [6, 6.07) is 8.36. The predicted molar refractivity (Wildman–Crippen MR) is 158 cm³/mol. The van der Waals surface area contributed by atoms with Crippen molar-refractivity contribution in [1.82, 2.24) is 20.2 Å². The van der Waals surface area contributed by atoms with Gasteiger partial charge in [-0.1, -0.05) is 13.0 Å². The van der Waals surface area contributed by atoms with Crippen LogP contribution in [-0.2, 0) is 0 Å². The monoisotopic (exact) mass is 613 g/mol. The average molecular weight is 615 g/mol. The molecule has 1 saturated carbocycles. The summed E-state index contributed by atoms with van der Waals surface area (Å²) >= 11 is 5.28. The normalized spacial score (nSPS) is 16.3. The van der Waals surface area contributed by atoms with E-state index in [4.69, 9.17) is 4.98 Å². The fourth-order valence-electron chi connectivity index (χ4n) is 4.67. The van der Waals surface area contributed by atoms with E-state index in [1.807, 2.05) is 18.3 Å². The molecule has 10 heteroatoms. The molecule has 0 bridgehead atoms. The number of halogens is 3. The quantitative estimate of drug-likeness (QED) is 0.260. The summed E-state index contributed by atoms with van der Waals surface area (Å²) in [7, 11) is 0. The molecule has 2 N–H and O–H groups in total. The first kappa shape index (κ1) is 29.1. The van der Waals surface area contributed by atoms with E-state index in [-0.39, 0.29) is 30.7 Å². The van der Waals surface area contributed by atoms with Crippen molar-refractivity contribution in [3.63, 3.8) is 0 Å². The van der Waals surface area contributed by atoms with Crippen LogP contribution in [0.15, 0.2) is 34.9 Å². The first-order valence-electron chi connectivity index (χ1n) is 12.4. The average Bonchev–Trinajstić information content (AvgIpc) is 3.56. The summed E-state index contributed by atoms with van der Waals surface area (Å²) in [6.45, 7) is 6.79. The Bertz CT molecular complexity index is 1160. The van der Waals surface area contributed by atoms with Crippen LogP contribution in [0.2, 0.25) is 0 Å². The van der Waals surface area contributed by atoms with Gasteiger partial charge in [-0.3, -0.25) is 4.79 Å². The van der Waals surface area contributed by atoms with Gasteiger partial charge in [0, 0.05) is 34.4 Å². The highest BCUT2D eigenvalue weighted by atomic mass is 79.9.